The van der Waals surface area contributed by atoms with E-state index in [9.17, 15) is 47.9 Å². The predicted octanol–water partition coefficient (Wildman–Crippen LogP) is 0.435. The molecule has 0 radical (unpaired) electrons. The molecule has 26 heteroatoms. The first-order valence-corrected chi connectivity index (χ1v) is 31.4. The van der Waals surface area contributed by atoms with Gasteiger partial charge in [-0.05, 0) is 86.5 Å². The van der Waals surface area contributed by atoms with Gasteiger partial charge in [0.25, 0.3) is 0 Å². The maximum absolute atomic E-state index is 13.7. The fourth-order valence-corrected chi connectivity index (χ4v) is 10.1. The number of nitrogens with zero attached hydrogens (tertiary/aromatic N) is 4. The smallest absolute Gasteiger partial charge is 0.250 e. The van der Waals surface area contributed by atoms with Crippen molar-refractivity contribution in [3.8, 4) is 0 Å². The molecule has 26 nitrogen and oxygen atoms in total. The number of anilines is 1. The molecule has 1 aromatic heterocycles. The second kappa shape index (κ2) is 39.5. The summed E-state index contributed by atoms with van der Waals surface area (Å²) in [4.78, 5) is 143. The van der Waals surface area contributed by atoms with E-state index >= 15 is 0 Å². The van der Waals surface area contributed by atoms with Crippen molar-refractivity contribution in [2.45, 2.75) is 119 Å². The zero-order valence-corrected chi connectivity index (χ0v) is 54.1. The van der Waals surface area contributed by atoms with Crippen LogP contribution in [0.3, 0.4) is 0 Å². The minimum absolute atomic E-state index is 0.0241. The Bertz CT molecular complexity index is 2730. The molecule has 1 aliphatic heterocycles. The minimum Gasteiger partial charge on any atom is -0.362 e. The highest BCUT2D eigenvalue weighted by Crippen LogP contribution is 2.20. The second-order valence-electron chi connectivity index (χ2n) is 23.8. The molecule has 494 valence electrons. The van der Waals surface area contributed by atoms with E-state index in [1.807, 2.05) is 24.3 Å². The van der Waals surface area contributed by atoms with E-state index in [1.165, 1.54) is 0 Å². The molecule has 4 rings (SSSR count). The van der Waals surface area contributed by atoms with Gasteiger partial charge in [-0.25, -0.2) is 0 Å². The lowest BCUT2D eigenvalue weighted by Gasteiger charge is -2.33. The topological polar surface area (TPSA) is 329 Å². The summed E-state index contributed by atoms with van der Waals surface area (Å²) < 4.78 is 5.27. The number of aromatic amines is 1. The number of benzene rings is 2. The number of likely N-dealkylation sites (N-methyl/N-ethyl adjacent to an activating group) is 3. The fraction of sp³-hybridized carbons (Fsp3) is 0.619. The minimum atomic E-state index is -1.25. The van der Waals surface area contributed by atoms with E-state index in [-0.39, 0.29) is 24.3 Å². The molecular weight excluding hydrogens is 1140 g/mol. The van der Waals surface area contributed by atoms with Gasteiger partial charge in [0, 0.05) is 94.2 Å². The largest absolute Gasteiger partial charge is 0.362 e. The Kier molecular flexibility index (Phi) is 32.8. The number of aromatic nitrogens is 1. The molecule has 3 atom stereocenters. The number of ether oxygens (including phenoxy) is 1. The Morgan fingerprint density at radius 1 is 0.506 bits per heavy atom. The number of carbonyl (C=O) groups excluding carboxylic acids is 10. The monoisotopic (exact) mass is 1240 g/mol. The number of hydrogen-bond acceptors (Lipinski definition) is 15. The Morgan fingerprint density at radius 2 is 1.01 bits per heavy atom. The molecule has 2 heterocycles. The highest BCUT2D eigenvalue weighted by atomic mass is 16.5. The van der Waals surface area contributed by atoms with Crippen LogP contribution in [0, 0.1) is 17.8 Å². The van der Waals surface area contributed by atoms with Crippen LogP contribution < -0.4 is 53.2 Å². The van der Waals surface area contributed by atoms with Crippen molar-refractivity contribution in [3.63, 3.8) is 0 Å². The van der Waals surface area contributed by atoms with Crippen molar-refractivity contribution in [2.75, 3.05) is 123 Å². The second-order valence-corrected chi connectivity index (χ2v) is 23.8. The third-order valence-electron chi connectivity index (χ3n) is 15.2. The maximum Gasteiger partial charge on any atom is 0.250 e. The fourth-order valence-electron chi connectivity index (χ4n) is 10.1. The molecule has 3 aromatic rings. The molecule has 2 aromatic carbocycles. The van der Waals surface area contributed by atoms with Gasteiger partial charge in [0.2, 0.25) is 59.1 Å². The summed E-state index contributed by atoms with van der Waals surface area (Å²) in [5.74, 6) is -5.62. The van der Waals surface area contributed by atoms with Crippen LogP contribution in [-0.4, -0.2) is 226 Å². The summed E-state index contributed by atoms with van der Waals surface area (Å²) in [6.07, 6.45) is 3.24. The number of nitrogens with one attached hydrogen (secondary N) is 11. The molecule has 0 spiro atoms. The molecule has 0 aliphatic carbocycles. The van der Waals surface area contributed by atoms with E-state index in [0.717, 1.165) is 101 Å². The third-order valence-corrected chi connectivity index (χ3v) is 15.2. The highest BCUT2D eigenvalue weighted by Gasteiger charge is 2.28. The van der Waals surface area contributed by atoms with Gasteiger partial charge in [0.15, 0.2) is 0 Å². The van der Waals surface area contributed by atoms with Crippen molar-refractivity contribution in [3.05, 3.63) is 65.9 Å². The molecule has 0 bridgehead atoms. The van der Waals surface area contributed by atoms with E-state index in [1.54, 1.807) is 51.2 Å². The summed E-state index contributed by atoms with van der Waals surface area (Å²) >= 11 is 0. The van der Waals surface area contributed by atoms with Crippen LogP contribution in [0.15, 0.2) is 54.7 Å². The first-order valence-electron chi connectivity index (χ1n) is 31.4. The lowest BCUT2D eigenvalue weighted by Crippen LogP contribution is -2.55. The van der Waals surface area contributed by atoms with E-state index in [2.05, 4.69) is 126 Å². The number of hydrogen-bond donors (Lipinski definition) is 11. The van der Waals surface area contributed by atoms with Gasteiger partial charge in [-0.3, -0.25) is 52.8 Å². The number of amides is 10. The molecular formula is C63H101N15O11. The molecule has 10 amide bonds. The van der Waals surface area contributed by atoms with E-state index in [0.29, 0.717) is 36.2 Å². The Morgan fingerprint density at radius 3 is 1.58 bits per heavy atom. The zero-order chi connectivity index (χ0) is 65.4. The van der Waals surface area contributed by atoms with Gasteiger partial charge in [-0.1, -0.05) is 92.6 Å². The van der Waals surface area contributed by atoms with Crippen LogP contribution in [-0.2, 0) is 65.6 Å². The standard InChI is InChI=1S/C63H101N15O11/c1-11-75-22-24-76(12-2)26-28-78(29-27-77(13-3)25-23-75)39-57(83)65-33-46-18-20-48(21-19-46)71-59(85)41-89-40-58(84)67-35-53(79)66-36-55(81)73-52(32-47-34-64-51-17-15-14-16-50(47)51)62(87)68-38-56(82)74-60(44(8)9)63(88)69-37-54(80)70-45(10)61(86)72-49(30-42(4)5)31-43(6)7/h14-21,34,42-45,49,52,60,64H,11-13,22-33,35-41H2,1-10H3,(H,65,83)(H,66,79)(H,67,84)(H,68,87)(H,69,88)(H,70,80)(H,71,85)(H,72,86)(H,73,81)(H,74,82)/t45-,52-,60?/m0/s1. The number of rotatable bonds is 34. The molecule has 1 saturated heterocycles. The van der Waals surface area contributed by atoms with Gasteiger partial charge < -0.3 is 77.6 Å². The first-order chi connectivity index (χ1) is 42.4. The van der Waals surface area contributed by atoms with Gasteiger partial charge in [-0.2, -0.15) is 0 Å². The molecule has 1 fully saturated rings. The molecule has 1 aliphatic rings. The Balaban J connectivity index is 1.17. The Labute approximate surface area is 525 Å². The third kappa shape index (κ3) is 28.7. The predicted molar refractivity (Wildman–Crippen MR) is 342 cm³/mol. The van der Waals surface area contributed by atoms with Crippen molar-refractivity contribution in [1.29, 1.82) is 0 Å². The lowest BCUT2D eigenvalue weighted by atomic mass is 9.95. The van der Waals surface area contributed by atoms with Crippen molar-refractivity contribution < 1.29 is 52.7 Å². The number of H-pyrrole nitrogens is 1. The summed E-state index contributed by atoms with van der Waals surface area (Å²) in [6, 6.07) is 11.0. The quantitative estimate of drug-likeness (QED) is 0.0387. The molecule has 0 saturated carbocycles. The first kappa shape index (κ1) is 73.9. The average Bonchev–Trinajstić information content (AvgIpc) is 4.17. The molecule has 89 heavy (non-hydrogen) atoms. The van der Waals surface area contributed by atoms with E-state index in [4.69, 9.17) is 4.74 Å². The molecule has 11 N–H and O–H groups in total. The zero-order valence-electron chi connectivity index (χ0n) is 54.1. The van der Waals surface area contributed by atoms with E-state index < -0.39 is 111 Å². The number of fused-ring (bicyclic) bond motifs is 1. The van der Waals surface area contributed by atoms with Crippen molar-refractivity contribution >= 4 is 75.7 Å². The average molecular weight is 1240 g/mol. The maximum atomic E-state index is 13.7. The van der Waals surface area contributed by atoms with Crippen LogP contribution >= 0.6 is 0 Å². The van der Waals surface area contributed by atoms with Crippen molar-refractivity contribution in [2.24, 2.45) is 17.8 Å². The summed E-state index contributed by atoms with van der Waals surface area (Å²) in [5.41, 5.74) is 2.78. The highest BCUT2D eigenvalue weighted by molar-refractivity contribution is 5.96. The molecule has 1 unspecified atom stereocenters. The lowest BCUT2D eigenvalue weighted by molar-refractivity contribution is -0.133. The van der Waals surface area contributed by atoms with Gasteiger partial charge in [0.1, 0.15) is 31.3 Å². The van der Waals surface area contributed by atoms with Gasteiger partial charge >= 0.3 is 0 Å². The number of carbonyl (C=O) groups is 10. The van der Waals surface area contributed by atoms with Crippen LogP contribution in [0.25, 0.3) is 10.9 Å². The van der Waals surface area contributed by atoms with Crippen LogP contribution in [0.4, 0.5) is 5.69 Å². The van der Waals surface area contributed by atoms with Gasteiger partial charge in [-0.15, -0.1) is 0 Å². The van der Waals surface area contributed by atoms with Crippen molar-refractivity contribution in [1.82, 2.24) is 72.4 Å². The SMILES string of the molecule is CCN1CCN(CC)CCN(CC(=O)NCc2ccc(NC(=O)COCC(=O)NCC(=O)NCC(=O)N[C@@H](Cc3c[nH]c4ccccc34)C(=O)NCC(=O)NC(C(=O)NCC(=O)N[C@@H](C)C(=O)NC(CC(C)C)CC(C)C)C(C)C)cc2)CCN(CC)CC1. The summed E-state index contributed by atoms with van der Waals surface area (Å²) in [6.45, 7) is 27.6. The van der Waals surface area contributed by atoms with Crippen LogP contribution in [0.2, 0.25) is 0 Å². The Hall–Kier alpha value is -7.52. The summed E-state index contributed by atoms with van der Waals surface area (Å²) in [7, 11) is 0. The number of para-hydroxylation sites is 1. The van der Waals surface area contributed by atoms with Gasteiger partial charge in [0.05, 0.1) is 32.7 Å². The van der Waals surface area contributed by atoms with Crippen LogP contribution in [0.1, 0.15) is 93.2 Å². The normalized spacial score (nSPS) is 15.0. The summed E-state index contributed by atoms with van der Waals surface area (Å²) in [5, 5.41) is 27.1. The van der Waals surface area contributed by atoms with Crippen LogP contribution in [0.5, 0.6) is 0 Å².